The Morgan fingerprint density at radius 1 is 1.06 bits per heavy atom. The Hall–Kier alpha value is -3.61. The number of hydrogen-bond acceptors (Lipinski definition) is 1. The third-order valence-electron chi connectivity index (χ3n) is 5.63. The van der Waals surface area contributed by atoms with Crippen molar-refractivity contribution >= 4 is 24.8 Å². The summed E-state index contributed by atoms with van der Waals surface area (Å²) in [7, 11) is 0. The van der Waals surface area contributed by atoms with E-state index in [0.29, 0.717) is 41.0 Å². The summed E-state index contributed by atoms with van der Waals surface area (Å²) in [5.74, 6) is 1.26. The van der Waals surface area contributed by atoms with Crippen LogP contribution in [0.15, 0.2) is 78.7 Å². The highest BCUT2D eigenvalue weighted by Gasteiger charge is 2.52. The predicted molar refractivity (Wildman–Crippen MR) is 126 cm³/mol. The molecule has 32 heavy (non-hydrogen) atoms. The number of ether oxygens (including phenoxy) is 1. The molecule has 2 aliphatic heterocycles. The van der Waals surface area contributed by atoms with Gasteiger partial charge < -0.3 is 27.3 Å². The monoisotopic (exact) mass is 431 g/mol. The SMILES string of the molecule is CC(C)COc1ccc(/C=C/C2=[N+]3C(=Cc4ccc(-c5ccc[nH]5)n4[B-]3(F)F)C=C2)cc1. The number of benzene rings is 1. The van der Waals surface area contributed by atoms with Crippen LogP contribution in [-0.4, -0.2) is 33.2 Å². The largest absolute Gasteiger partial charge is 0.737 e. The Labute approximate surface area is 185 Å². The molecule has 0 radical (unpaired) electrons. The highest BCUT2D eigenvalue weighted by atomic mass is 19.2. The van der Waals surface area contributed by atoms with Crippen molar-refractivity contribution in [2.75, 3.05) is 6.61 Å². The van der Waals surface area contributed by atoms with E-state index in [2.05, 4.69) is 18.8 Å². The smallest absolute Gasteiger partial charge is 0.493 e. The molecule has 0 bridgehead atoms. The second-order valence-corrected chi connectivity index (χ2v) is 8.49. The summed E-state index contributed by atoms with van der Waals surface area (Å²) in [6.45, 7) is 0.805. The minimum absolute atomic E-state index is 0.453. The topological polar surface area (TPSA) is 33.0 Å². The predicted octanol–water partition coefficient (Wildman–Crippen LogP) is 5.83. The molecule has 7 heteroatoms. The molecule has 5 rings (SSSR count). The van der Waals surface area contributed by atoms with Gasteiger partial charge in [0.1, 0.15) is 5.75 Å². The van der Waals surface area contributed by atoms with E-state index in [9.17, 15) is 0 Å². The maximum absolute atomic E-state index is 15.8. The van der Waals surface area contributed by atoms with Gasteiger partial charge in [0.2, 0.25) is 0 Å². The van der Waals surface area contributed by atoms with Crippen LogP contribution in [0.3, 0.4) is 0 Å². The number of fused-ring (bicyclic) bond motifs is 2. The van der Waals surface area contributed by atoms with Gasteiger partial charge in [-0.2, -0.15) is 0 Å². The summed E-state index contributed by atoms with van der Waals surface area (Å²) in [5, 5.41) is 0. The van der Waals surface area contributed by atoms with Gasteiger partial charge in [-0.3, -0.25) is 0 Å². The van der Waals surface area contributed by atoms with Gasteiger partial charge in [-0.1, -0.05) is 26.0 Å². The van der Waals surface area contributed by atoms with Gasteiger partial charge in [0.05, 0.1) is 12.3 Å². The molecular formula is C25H24BF2N3O. The number of hydrogen-bond donors (Lipinski definition) is 1. The molecule has 0 aliphatic carbocycles. The second-order valence-electron chi connectivity index (χ2n) is 8.49. The number of nitrogens with zero attached hydrogens (tertiary/aromatic N) is 2. The van der Waals surface area contributed by atoms with Crippen LogP contribution in [0.4, 0.5) is 8.63 Å². The minimum atomic E-state index is -4.05. The van der Waals surface area contributed by atoms with Crippen molar-refractivity contribution in [2.24, 2.45) is 5.92 Å². The van der Waals surface area contributed by atoms with E-state index in [1.807, 2.05) is 30.3 Å². The van der Waals surface area contributed by atoms with Gasteiger partial charge in [0, 0.05) is 41.9 Å². The van der Waals surface area contributed by atoms with Gasteiger partial charge in [-0.05, 0) is 54.0 Å². The maximum Gasteiger partial charge on any atom is 0.737 e. The average molecular weight is 431 g/mol. The summed E-state index contributed by atoms with van der Waals surface area (Å²) in [6.07, 6.45) is 10.6. The van der Waals surface area contributed by atoms with Gasteiger partial charge >= 0.3 is 6.97 Å². The third-order valence-corrected chi connectivity index (χ3v) is 5.63. The number of aromatic nitrogens is 2. The molecule has 0 spiro atoms. The minimum Gasteiger partial charge on any atom is -0.493 e. The first kappa shape index (κ1) is 20.3. The van der Waals surface area contributed by atoms with Crippen molar-refractivity contribution in [1.82, 2.24) is 9.46 Å². The standard InChI is InChI=1S/C25H24BF2N3O/c1-18(2)17-32-23-12-6-19(7-13-23)5-8-20-9-10-21-16-22-11-14-25(24-4-3-15-29-24)31(22)26(27,28)30(20)21/h3-16,18,29H,17H2,1-2H3/b8-5+. The van der Waals surface area contributed by atoms with Crippen LogP contribution in [0.25, 0.3) is 23.5 Å². The molecular weight excluding hydrogens is 407 g/mol. The number of aromatic amines is 1. The molecule has 0 unspecified atom stereocenters. The van der Waals surface area contributed by atoms with E-state index in [1.54, 1.807) is 54.8 Å². The number of H-pyrrole nitrogens is 1. The van der Waals surface area contributed by atoms with Crippen LogP contribution in [0.2, 0.25) is 0 Å². The van der Waals surface area contributed by atoms with Crippen molar-refractivity contribution in [3.05, 3.63) is 89.9 Å². The van der Waals surface area contributed by atoms with Crippen molar-refractivity contribution in [3.8, 4) is 17.1 Å². The number of rotatable bonds is 6. The Morgan fingerprint density at radius 3 is 2.59 bits per heavy atom. The lowest BCUT2D eigenvalue weighted by atomic mass is 9.90. The summed E-state index contributed by atoms with van der Waals surface area (Å²) >= 11 is 0. The van der Waals surface area contributed by atoms with Crippen molar-refractivity contribution in [2.45, 2.75) is 13.8 Å². The molecule has 4 nitrogen and oxygen atoms in total. The Kier molecular flexibility index (Phi) is 4.96. The maximum atomic E-state index is 15.8. The van der Waals surface area contributed by atoms with Crippen LogP contribution >= 0.6 is 0 Å². The average Bonchev–Trinajstić information content (AvgIpc) is 3.51. The highest BCUT2D eigenvalue weighted by molar-refractivity contribution is 6.58. The molecule has 3 aromatic rings. The zero-order chi connectivity index (χ0) is 22.3. The number of halogens is 2. The van der Waals surface area contributed by atoms with Gasteiger partial charge in [-0.25, -0.2) is 0 Å². The molecule has 4 heterocycles. The van der Waals surface area contributed by atoms with E-state index in [1.165, 1.54) is 0 Å². The van der Waals surface area contributed by atoms with Crippen molar-refractivity contribution in [3.63, 3.8) is 0 Å². The fraction of sp³-hybridized carbons (Fsp3) is 0.160. The Morgan fingerprint density at radius 2 is 1.88 bits per heavy atom. The van der Waals surface area contributed by atoms with E-state index >= 15 is 8.63 Å². The normalized spacial score (nSPS) is 16.6. The van der Waals surface area contributed by atoms with E-state index in [4.69, 9.17) is 4.74 Å². The van der Waals surface area contributed by atoms with Gasteiger partial charge in [0.15, 0.2) is 11.4 Å². The molecule has 0 amide bonds. The van der Waals surface area contributed by atoms with Crippen LogP contribution in [-0.2, 0) is 0 Å². The highest BCUT2D eigenvalue weighted by Crippen LogP contribution is 2.35. The van der Waals surface area contributed by atoms with Gasteiger partial charge in [-0.15, -0.1) is 0 Å². The second kappa shape index (κ2) is 7.82. The fourth-order valence-corrected chi connectivity index (χ4v) is 4.12. The molecule has 0 saturated carbocycles. The van der Waals surface area contributed by atoms with Crippen LogP contribution in [0.1, 0.15) is 25.1 Å². The molecule has 0 saturated heterocycles. The van der Waals surface area contributed by atoms with Crippen LogP contribution in [0.5, 0.6) is 5.75 Å². The fourth-order valence-electron chi connectivity index (χ4n) is 4.12. The molecule has 0 atom stereocenters. The van der Waals surface area contributed by atoms with Gasteiger partial charge in [0.25, 0.3) is 0 Å². The van der Waals surface area contributed by atoms with E-state index < -0.39 is 6.97 Å². The first-order valence-electron chi connectivity index (χ1n) is 10.8. The van der Waals surface area contributed by atoms with E-state index in [-0.39, 0.29) is 0 Å². The molecule has 2 aliphatic rings. The third kappa shape index (κ3) is 3.53. The van der Waals surface area contributed by atoms with Crippen molar-refractivity contribution < 1.29 is 17.9 Å². The Bertz CT molecular complexity index is 1260. The number of allylic oxidation sites excluding steroid dienone is 3. The lowest BCUT2D eigenvalue weighted by Crippen LogP contribution is -2.50. The first-order valence-corrected chi connectivity index (χ1v) is 10.8. The molecule has 1 N–H and O–H groups in total. The first-order chi connectivity index (χ1) is 15.4. The van der Waals surface area contributed by atoms with Crippen LogP contribution in [0, 0.1) is 5.92 Å². The summed E-state index contributed by atoms with van der Waals surface area (Å²) < 4.78 is 39.6. The molecule has 1 aromatic carbocycles. The lowest BCUT2D eigenvalue weighted by Gasteiger charge is -2.30. The lowest BCUT2D eigenvalue weighted by molar-refractivity contribution is -0.359. The zero-order valence-corrected chi connectivity index (χ0v) is 18.0. The summed E-state index contributed by atoms with van der Waals surface area (Å²) in [4.78, 5) is 3.03. The van der Waals surface area contributed by atoms with E-state index in [0.717, 1.165) is 20.3 Å². The quantitative estimate of drug-likeness (QED) is 0.490. The van der Waals surface area contributed by atoms with Crippen LogP contribution < -0.4 is 4.74 Å². The molecule has 0 fully saturated rings. The Balaban J connectivity index is 1.46. The molecule has 2 aromatic heterocycles. The van der Waals surface area contributed by atoms with Crippen molar-refractivity contribution in [1.29, 1.82) is 0 Å². The number of nitrogens with one attached hydrogen (secondary N) is 1. The summed E-state index contributed by atoms with van der Waals surface area (Å²) in [6, 6.07) is 14.7. The zero-order valence-electron chi connectivity index (χ0n) is 18.0. The summed E-state index contributed by atoms with van der Waals surface area (Å²) in [5.41, 5.74) is 3.50. The molecule has 162 valence electrons.